The highest BCUT2D eigenvalue weighted by Gasteiger charge is 2.71. The van der Waals surface area contributed by atoms with Gasteiger partial charge in [0.2, 0.25) is 7.09 Å². The van der Waals surface area contributed by atoms with Gasteiger partial charge in [0.15, 0.2) is 0 Å². The summed E-state index contributed by atoms with van der Waals surface area (Å²) in [6.45, 7) is 13.9. The SMILES string of the molecule is [3H][B]SO[C@@H]1CC[C@@]2(C)C(CCC3(C)C2C(O)CC2C([C@@H](CO)CCC=C(C)C)[C@@H](O)C[C@@]23C)C1C. The summed E-state index contributed by atoms with van der Waals surface area (Å²) in [5.74, 6) is 1.44. The lowest BCUT2D eigenvalue weighted by molar-refractivity contribution is -0.238. The molecule has 0 aliphatic heterocycles. The first kappa shape index (κ1) is 26.6. The maximum Gasteiger partial charge on any atom is 0.209 e. The van der Waals surface area contributed by atoms with Gasteiger partial charge in [0.05, 0.1) is 18.3 Å². The molecule has 0 aromatic heterocycles. The number of hydrogen-bond acceptors (Lipinski definition) is 5. The van der Waals surface area contributed by atoms with E-state index in [2.05, 4.69) is 47.6 Å². The number of rotatable bonds is 8. The zero-order valence-electron chi connectivity index (χ0n) is 23.9. The summed E-state index contributed by atoms with van der Waals surface area (Å²) in [6.07, 6.45) is 9.12. The Hall–Kier alpha value is -0.00506. The lowest BCUT2D eigenvalue weighted by Gasteiger charge is -2.69. The third kappa shape index (κ3) is 4.39. The second-order valence-corrected chi connectivity index (χ2v) is 14.0. The number of aliphatic hydroxyl groups is 3. The first-order valence-corrected chi connectivity index (χ1v) is 14.9. The average Bonchev–Trinajstić information content (AvgIpc) is 3.06. The summed E-state index contributed by atoms with van der Waals surface area (Å²) in [4.78, 5) is 0. The largest absolute Gasteiger partial charge is 0.396 e. The van der Waals surface area contributed by atoms with Crippen LogP contribution in [0.15, 0.2) is 11.6 Å². The van der Waals surface area contributed by atoms with Crippen molar-refractivity contribution in [2.45, 2.75) is 111 Å². The molecule has 4 nitrogen and oxygen atoms in total. The maximum atomic E-state index is 11.9. The van der Waals surface area contributed by atoms with Crippen LogP contribution in [0.25, 0.3) is 0 Å². The molecule has 0 bridgehead atoms. The molecule has 0 amide bonds. The number of hydrogen-bond donors (Lipinski definition) is 3. The third-order valence-electron chi connectivity index (χ3n) is 12.0. The first-order valence-electron chi connectivity index (χ1n) is 14.6. The maximum absolute atomic E-state index is 11.9. The molecule has 6 heteroatoms. The highest BCUT2D eigenvalue weighted by molar-refractivity contribution is 8.15. The van der Waals surface area contributed by atoms with Gasteiger partial charge in [-0.05, 0) is 118 Å². The Kier molecular flexibility index (Phi) is 7.81. The Morgan fingerprint density at radius 2 is 1.89 bits per heavy atom. The Bertz CT molecular complexity index is 810. The van der Waals surface area contributed by atoms with E-state index in [0.717, 1.165) is 63.3 Å². The number of allylic oxidation sites excluding steroid dienone is 2. The van der Waals surface area contributed by atoms with Gasteiger partial charge < -0.3 is 19.5 Å². The van der Waals surface area contributed by atoms with Crippen LogP contribution < -0.4 is 0 Å². The van der Waals surface area contributed by atoms with Crippen molar-refractivity contribution < 1.29 is 19.5 Å². The fourth-order valence-corrected chi connectivity index (χ4v) is 10.7. The molecule has 4 aliphatic carbocycles. The normalized spacial score (nSPS) is 50.4. The molecule has 0 saturated heterocycles. The van der Waals surface area contributed by atoms with Crippen LogP contribution in [-0.4, -0.2) is 48.7 Å². The Morgan fingerprint density at radius 1 is 1.14 bits per heavy atom. The molecule has 12 atom stereocenters. The molecule has 35 heavy (non-hydrogen) atoms. The summed E-state index contributed by atoms with van der Waals surface area (Å²) >= 11 is 1.14. The minimum Gasteiger partial charge on any atom is -0.396 e. The lowest BCUT2D eigenvalue weighted by atomic mass is 9.36. The van der Waals surface area contributed by atoms with Crippen LogP contribution in [0.3, 0.4) is 0 Å². The molecule has 3 N–H and O–H groups in total. The predicted molar refractivity (Wildman–Crippen MR) is 146 cm³/mol. The molecule has 4 saturated carbocycles. The van der Waals surface area contributed by atoms with E-state index in [-0.39, 0.29) is 58.7 Å². The topological polar surface area (TPSA) is 69.9 Å². The quantitative estimate of drug-likeness (QED) is 0.232. The smallest absolute Gasteiger partial charge is 0.209 e. The molecule has 199 valence electrons. The monoisotopic (exact) mass is 507 g/mol. The van der Waals surface area contributed by atoms with Gasteiger partial charge in [-0.25, -0.2) is 0 Å². The summed E-state index contributed by atoms with van der Waals surface area (Å²) in [7, 11) is 1.27. The van der Waals surface area contributed by atoms with Crippen molar-refractivity contribution in [1.82, 2.24) is 0 Å². The van der Waals surface area contributed by atoms with E-state index in [1.54, 1.807) is 0 Å². The van der Waals surface area contributed by atoms with Gasteiger partial charge in [-0.2, -0.15) is 0 Å². The van der Waals surface area contributed by atoms with E-state index in [4.69, 9.17) is 5.52 Å². The van der Waals surface area contributed by atoms with Gasteiger partial charge in [0.1, 0.15) is 0 Å². The van der Waals surface area contributed by atoms with Crippen LogP contribution in [0.1, 0.15) is 92.9 Å². The number of fused-ring (bicyclic) bond motifs is 5. The fourth-order valence-electron chi connectivity index (χ4n) is 10.3. The molecular weight excluding hydrogens is 455 g/mol. The minimum absolute atomic E-state index is 0.0396. The molecule has 4 rings (SSSR count). The van der Waals surface area contributed by atoms with Crippen LogP contribution in [-0.2, 0) is 4.18 Å². The van der Waals surface area contributed by atoms with Gasteiger partial charge in [-0.3, -0.25) is 0 Å². The molecule has 1 radical (unpaired) electrons. The number of aliphatic hydroxyl groups excluding tert-OH is 3. The van der Waals surface area contributed by atoms with Crippen molar-refractivity contribution in [2.24, 2.45) is 51.8 Å². The molecule has 4 fully saturated rings. The third-order valence-corrected chi connectivity index (χ3v) is 12.4. The molecule has 0 spiro atoms. The van der Waals surface area contributed by atoms with Gasteiger partial charge >= 0.3 is 0 Å². The van der Waals surface area contributed by atoms with Crippen molar-refractivity contribution in [3.05, 3.63) is 11.6 Å². The van der Waals surface area contributed by atoms with Gasteiger partial charge in [-0.1, -0.05) is 51.2 Å². The zero-order chi connectivity index (χ0) is 26.5. The molecule has 7 unspecified atom stereocenters. The van der Waals surface area contributed by atoms with Crippen LogP contribution in [0.2, 0.25) is 0 Å². The highest BCUT2D eigenvalue weighted by Crippen LogP contribution is 2.74. The standard InChI is InChI=1S/C29H50BO4S/c1-17(2)8-7-9-19(16-31)25-21-14-22(32)26-27(4)12-11-24(34-35-30)18(3)20(27)10-13-28(26,5)29(21,6)15-23(25)33/h8,18-26,30-33H,7,9-16H2,1-6H3/t18?,19-,20?,21?,22?,23+,24-,25?,26?,27+,28?,29+/m1/s1/i30T. The summed E-state index contributed by atoms with van der Waals surface area (Å²) in [6, 6.07) is 0. The average molecular weight is 508 g/mol. The molecule has 0 heterocycles. The summed E-state index contributed by atoms with van der Waals surface area (Å²) in [5, 5.41) is 33.8. The van der Waals surface area contributed by atoms with Gasteiger partial charge in [0.25, 0.3) is 0 Å². The Morgan fingerprint density at radius 3 is 2.54 bits per heavy atom. The Labute approximate surface area is 220 Å². The lowest BCUT2D eigenvalue weighted by Crippen LogP contribution is -2.66. The second kappa shape index (κ2) is 10.3. The van der Waals surface area contributed by atoms with Crippen LogP contribution in [0.4, 0.5) is 0 Å². The molecule has 0 aromatic carbocycles. The van der Waals surface area contributed by atoms with Crippen LogP contribution in [0, 0.1) is 51.8 Å². The Balaban J connectivity index is 1.62. The van der Waals surface area contributed by atoms with E-state index in [0.29, 0.717) is 11.8 Å². The zero-order valence-corrected chi connectivity index (χ0v) is 23.7. The van der Waals surface area contributed by atoms with Crippen molar-refractivity contribution in [3.63, 3.8) is 0 Å². The van der Waals surface area contributed by atoms with Crippen molar-refractivity contribution >= 4 is 19.0 Å². The van der Waals surface area contributed by atoms with E-state index in [9.17, 15) is 15.3 Å². The van der Waals surface area contributed by atoms with Crippen LogP contribution in [0.5, 0.6) is 0 Å². The van der Waals surface area contributed by atoms with E-state index in [1.807, 2.05) is 0 Å². The van der Waals surface area contributed by atoms with Crippen molar-refractivity contribution in [3.8, 4) is 0 Å². The van der Waals surface area contributed by atoms with Crippen molar-refractivity contribution in [2.75, 3.05) is 6.61 Å². The van der Waals surface area contributed by atoms with Crippen LogP contribution >= 0.6 is 11.9 Å². The predicted octanol–water partition coefficient (Wildman–Crippen LogP) is 5.43. The molecule has 4 aliphatic rings. The summed E-state index contributed by atoms with van der Waals surface area (Å²) < 4.78 is 13.3. The minimum atomic E-state index is -0.418. The van der Waals surface area contributed by atoms with Gasteiger partial charge in [0, 0.05) is 6.61 Å². The van der Waals surface area contributed by atoms with E-state index < -0.39 is 6.10 Å². The van der Waals surface area contributed by atoms with E-state index in [1.165, 1.54) is 12.7 Å². The van der Waals surface area contributed by atoms with Gasteiger partial charge in [-0.15, -0.1) is 0 Å². The fraction of sp³-hybridized carbons (Fsp3) is 0.931. The first-order chi connectivity index (χ1) is 16.9. The van der Waals surface area contributed by atoms with E-state index >= 15 is 0 Å². The highest BCUT2D eigenvalue weighted by atomic mass is 32.2. The second-order valence-electron chi connectivity index (χ2n) is 13.7. The summed E-state index contributed by atoms with van der Waals surface area (Å²) in [5.41, 5.74) is 1.24. The van der Waals surface area contributed by atoms with Crippen molar-refractivity contribution in [1.29, 1.82) is 1.34 Å². The molecular formula is C29H50BO4S. The molecule has 0 aromatic rings.